The highest BCUT2D eigenvalue weighted by atomic mass is 19.1. The number of amides is 1. The topological polar surface area (TPSA) is 75.9 Å². The summed E-state index contributed by atoms with van der Waals surface area (Å²) in [5.41, 5.74) is 4.57. The number of halogens is 1. The van der Waals surface area contributed by atoms with Crippen molar-refractivity contribution in [2.45, 2.75) is 64.7 Å². The monoisotopic (exact) mass is 546 g/mol. The van der Waals surface area contributed by atoms with E-state index in [9.17, 15) is 14.4 Å². The number of piperazine rings is 1. The zero-order valence-corrected chi connectivity index (χ0v) is 24.0. The number of nitriles is 1. The van der Waals surface area contributed by atoms with Crippen LogP contribution < -0.4 is 14.5 Å². The highest BCUT2D eigenvalue weighted by molar-refractivity contribution is 5.87. The van der Waals surface area contributed by atoms with Gasteiger partial charge >= 0.3 is 0 Å². The molecular formula is C31H39FN6O2. The van der Waals surface area contributed by atoms with Crippen molar-refractivity contribution >= 4 is 17.3 Å². The molecule has 3 aliphatic rings. The maximum Gasteiger partial charge on any atom is 0.246 e. The molecule has 1 aromatic heterocycles. The van der Waals surface area contributed by atoms with Gasteiger partial charge in [-0.05, 0) is 71.3 Å². The minimum atomic E-state index is -0.247. The molecule has 2 aromatic rings. The summed E-state index contributed by atoms with van der Waals surface area (Å²) in [6.45, 7) is 13.3. The Hall–Kier alpha value is -3.64. The normalized spacial score (nSPS) is 23.1. The Bertz CT molecular complexity index is 1320. The summed E-state index contributed by atoms with van der Waals surface area (Å²) in [4.78, 5) is 25.8. The number of aryl methyl sites for hydroxylation is 1. The Balaban J connectivity index is 1.56. The van der Waals surface area contributed by atoms with Crippen molar-refractivity contribution in [3.63, 3.8) is 0 Å². The average molecular weight is 547 g/mol. The number of hydrogen-bond donors (Lipinski definition) is 0. The summed E-state index contributed by atoms with van der Waals surface area (Å²) in [5, 5.41) is 10.5. The van der Waals surface area contributed by atoms with Gasteiger partial charge in [0.05, 0.1) is 23.6 Å². The first-order valence-corrected chi connectivity index (χ1v) is 14.2. The molecule has 0 N–H and O–H groups in total. The number of carbonyl (C=O) groups is 1. The number of likely N-dealkylation sites (N-methyl/N-ethyl adjacent to an activating group) is 1. The van der Waals surface area contributed by atoms with Crippen LogP contribution in [-0.2, 0) is 17.8 Å². The van der Waals surface area contributed by atoms with Crippen LogP contribution in [0.1, 0.15) is 49.1 Å². The smallest absolute Gasteiger partial charge is 0.246 e. The van der Waals surface area contributed by atoms with E-state index in [1.165, 1.54) is 12.1 Å². The van der Waals surface area contributed by atoms with Crippen LogP contribution in [0.4, 0.5) is 15.8 Å². The van der Waals surface area contributed by atoms with Gasteiger partial charge in [-0.15, -0.1) is 0 Å². The third kappa shape index (κ3) is 5.13. The second kappa shape index (κ2) is 11.5. The molecule has 0 radical (unpaired) electrons. The molecule has 3 atom stereocenters. The first-order valence-electron chi connectivity index (χ1n) is 14.2. The molecule has 4 heterocycles. The fourth-order valence-corrected chi connectivity index (χ4v) is 6.50. The third-order valence-corrected chi connectivity index (χ3v) is 8.73. The van der Waals surface area contributed by atoms with Crippen LogP contribution in [0.15, 0.2) is 30.9 Å². The molecule has 0 aliphatic carbocycles. The van der Waals surface area contributed by atoms with Crippen molar-refractivity contribution in [3.8, 4) is 11.9 Å². The summed E-state index contributed by atoms with van der Waals surface area (Å²) in [5.74, 6) is 0.00786. The number of anilines is 2. The van der Waals surface area contributed by atoms with Gasteiger partial charge in [0.25, 0.3) is 0 Å². The first kappa shape index (κ1) is 27.9. The van der Waals surface area contributed by atoms with E-state index in [1.54, 1.807) is 6.07 Å². The van der Waals surface area contributed by atoms with E-state index in [1.807, 2.05) is 29.7 Å². The largest absolute Gasteiger partial charge is 0.475 e. The Kier molecular flexibility index (Phi) is 7.99. The van der Waals surface area contributed by atoms with E-state index in [0.29, 0.717) is 56.3 Å². The summed E-state index contributed by atoms with van der Waals surface area (Å²) in [7, 11) is 2.10. The average Bonchev–Trinajstić information content (AvgIpc) is 3.35. The van der Waals surface area contributed by atoms with Gasteiger partial charge in [-0.1, -0.05) is 18.7 Å². The van der Waals surface area contributed by atoms with Crippen LogP contribution in [-0.4, -0.2) is 78.7 Å². The van der Waals surface area contributed by atoms with Crippen molar-refractivity contribution in [2.75, 3.05) is 49.6 Å². The van der Waals surface area contributed by atoms with Gasteiger partial charge in [-0.3, -0.25) is 4.79 Å². The number of para-hydroxylation sites is 1. The minimum Gasteiger partial charge on any atom is -0.475 e. The van der Waals surface area contributed by atoms with E-state index in [4.69, 9.17) is 9.72 Å². The maximum atomic E-state index is 15.0. The summed E-state index contributed by atoms with van der Waals surface area (Å²) < 4.78 is 21.3. The summed E-state index contributed by atoms with van der Waals surface area (Å²) in [6.07, 6.45) is 4.15. The number of pyridine rings is 1. The van der Waals surface area contributed by atoms with Crippen LogP contribution in [0.25, 0.3) is 0 Å². The molecule has 0 spiro atoms. The van der Waals surface area contributed by atoms with Crippen LogP contribution in [0, 0.1) is 24.1 Å². The molecule has 5 rings (SSSR count). The van der Waals surface area contributed by atoms with Crippen molar-refractivity contribution in [1.82, 2.24) is 14.8 Å². The number of benzene rings is 1. The first-order chi connectivity index (χ1) is 19.2. The molecule has 2 saturated heterocycles. The number of rotatable bonds is 6. The number of fused-ring (bicyclic) bond motifs is 1. The second-order valence-electron chi connectivity index (χ2n) is 11.4. The Morgan fingerprint density at radius 1 is 1.25 bits per heavy atom. The van der Waals surface area contributed by atoms with E-state index in [0.717, 1.165) is 41.9 Å². The van der Waals surface area contributed by atoms with Crippen LogP contribution in [0.5, 0.6) is 5.88 Å². The van der Waals surface area contributed by atoms with Gasteiger partial charge in [0.1, 0.15) is 24.1 Å². The zero-order valence-electron chi connectivity index (χ0n) is 24.0. The molecule has 1 aromatic carbocycles. The lowest BCUT2D eigenvalue weighted by Crippen LogP contribution is -2.58. The highest BCUT2D eigenvalue weighted by Gasteiger charge is 2.37. The van der Waals surface area contributed by atoms with Gasteiger partial charge in [0.15, 0.2) is 0 Å². The quantitative estimate of drug-likeness (QED) is 0.506. The maximum absolute atomic E-state index is 15.0. The summed E-state index contributed by atoms with van der Waals surface area (Å²) >= 11 is 0. The lowest BCUT2D eigenvalue weighted by molar-refractivity contribution is -0.128. The molecule has 212 valence electrons. The Labute approximate surface area is 236 Å². The fraction of sp³-hybridized carbons (Fsp3) is 0.516. The van der Waals surface area contributed by atoms with Gasteiger partial charge < -0.3 is 24.3 Å². The molecule has 8 nitrogen and oxygen atoms in total. The van der Waals surface area contributed by atoms with E-state index >= 15 is 0 Å². The third-order valence-electron chi connectivity index (χ3n) is 8.73. The van der Waals surface area contributed by atoms with Gasteiger partial charge in [0, 0.05) is 43.3 Å². The number of carbonyl (C=O) groups excluding carboxylic acids is 1. The molecule has 2 fully saturated rings. The Morgan fingerprint density at radius 2 is 2.05 bits per heavy atom. The molecule has 40 heavy (non-hydrogen) atoms. The molecule has 0 saturated carbocycles. The van der Waals surface area contributed by atoms with Gasteiger partial charge in [0.2, 0.25) is 11.8 Å². The van der Waals surface area contributed by atoms with Crippen molar-refractivity contribution in [3.05, 3.63) is 59.1 Å². The van der Waals surface area contributed by atoms with Crippen molar-refractivity contribution in [1.29, 1.82) is 5.26 Å². The van der Waals surface area contributed by atoms with Crippen LogP contribution >= 0.6 is 0 Å². The molecule has 9 heteroatoms. The minimum absolute atomic E-state index is 0.0284. The van der Waals surface area contributed by atoms with E-state index in [2.05, 4.69) is 36.4 Å². The van der Waals surface area contributed by atoms with Crippen LogP contribution in [0.2, 0.25) is 0 Å². The predicted octanol–water partition coefficient (Wildman–Crippen LogP) is 4.05. The van der Waals surface area contributed by atoms with Crippen LogP contribution in [0.3, 0.4) is 0 Å². The lowest BCUT2D eigenvalue weighted by Gasteiger charge is -2.46. The van der Waals surface area contributed by atoms with E-state index < -0.39 is 0 Å². The number of hydrogen-bond acceptors (Lipinski definition) is 7. The number of nitrogens with zero attached hydrogens (tertiary/aromatic N) is 6. The molecule has 1 unspecified atom stereocenters. The number of aromatic nitrogens is 1. The molecule has 3 aliphatic heterocycles. The number of likely N-dealkylation sites (tertiary alicyclic amines) is 1. The van der Waals surface area contributed by atoms with Crippen molar-refractivity contribution in [2.24, 2.45) is 0 Å². The van der Waals surface area contributed by atoms with Gasteiger partial charge in [-0.25, -0.2) is 9.37 Å². The second-order valence-corrected chi connectivity index (χ2v) is 11.4. The molecule has 0 bridgehead atoms. The van der Waals surface area contributed by atoms with Crippen molar-refractivity contribution < 1.29 is 13.9 Å². The Morgan fingerprint density at radius 3 is 2.73 bits per heavy atom. The zero-order chi connectivity index (χ0) is 28.6. The SMILES string of the molecule is C=CC(=O)N1C[C@H](C)N(c2c(C#N)c(OCC3CCCN3C)nc3c2CCN(c2c(C)cccc2F)C3)C[C@H]1C. The number of ether oxygens (including phenoxy) is 1. The standard InChI is InChI=1S/C31H39FN6O2/c1-6-28(39)37-16-22(4)38(17-21(37)3)30-24-12-14-36(29-20(2)9-7-11-26(29)32)18-27(24)34-31(25(30)15-33)40-19-23-10-8-13-35(23)5/h6-7,9,11,21-23H,1,8,10,12-14,16-19H2,2-5H3/t21-,22+,23?/m1/s1. The van der Waals surface area contributed by atoms with Gasteiger partial charge in [-0.2, -0.15) is 5.26 Å². The predicted molar refractivity (Wildman–Crippen MR) is 154 cm³/mol. The lowest BCUT2D eigenvalue weighted by atomic mass is 9.95. The van der Waals surface area contributed by atoms with E-state index in [-0.39, 0.29) is 29.8 Å². The molecule has 1 amide bonds. The summed E-state index contributed by atoms with van der Waals surface area (Å²) in [6, 6.07) is 7.76. The highest BCUT2D eigenvalue weighted by Crippen LogP contribution is 2.40. The fourth-order valence-electron chi connectivity index (χ4n) is 6.50. The molecular weight excluding hydrogens is 507 g/mol.